The van der Waals surface area contributed by atoms with Crippen LogP contribution in [0.3, 0.4) is 0 Å². The quantitative estimate of drug-likeness (QED) is 0.663. The van der Waals surface area contributed by atoms with Gasteiger partial charge in [0.15, 0.2) is 0 Å². The topological polar surface area (TPSA) is 114 Å². The van der Waals surface area contributed by atoms with Gasteiger partial charge < -0.3 is 14.7 Å². The molecule has 1 atom stereocenters. The van der Waals surface area contributed by atoms with Crippen LogP contribution in [-0.2, 0) is 22.6 Å². The zero-order valence-electron chi connectivity index (χ0n) is 16.9. The van der Waals surface area contributed by atoms with Gasteiger partial charge in [-0.1, -0.05) is 45.8 Å². The van der Waals surface area contributed by atoms with E-state index in [-0.39, 0.29) is 18.4 Å². The molecule has 30 heavy (non-hydrogen) atoms. The molecule has 0 radical (unpaired) electrons. The molecule has 1 aliphatic rings. The van der Waals surface area contributed by atoms with E-state index >= 15 is 0 Å². The summed E-state index contributed by atoms with van der Waals surface area (Å²) in [5.41, 5.74) is 2.06. The molecule has 1 N–H and O–H groups in total. The largest absolute Gasteiger partial charge is 0.361 e. The Morgan fingerprint density at radius 2 is 2.00 bits per heavy atom. The number of benzene rings is 1. The Labute approximate surface area is 173 Å². The summed E-state index contributed by atoms with van der Waals surface area (Å²) in [6, 6.07) is 11.6. The Kier molecular flexibility index (Phi) is 5.35. The first-order valence-corrected chi connectivity index (χ1v) is 9.80. The van der Waals surface area contributed by atoms with E-state index in [1.165, 1.54) is 6.92 Å². The molecule has 2 amide bonds. The van der Waals surface area contributed by atoms with Crippen molar-refractivity contribution in [3.63, 3.8) is 0 Å². The lowest BCUT2D eigenvalue weighted by atomic mass is 9.81. The molecule has 1 saturated heterocycles. The molecule has 9 heteroatoms. The standard InChI is InChI=1S/C21H23N5O4/c1-14-19(25-30-23-14)12-22-20(28)21(8-9-26(13-21)15(2)27)11-17-10-18(24-29-17)16-6-4-3-5-7-16/h3-7,10H,8-9,11-13H2,1-2H3,(H,22,28)/t21-/m0/s1. The van der Waals surface area contributed by atoms with Gasteiger partial charge in [-0.15, -0.1) is 0 Å². The van der Waals surface area contributed by atoms with Crippen molar-refractivity contribution in [1.29, 1.82) is 0 Å². The first-order valence-electron chi connectivity index (χ1n) is 9.80. The van der Waals surface area contributed by atoms with Crippen LogP contribution in [0.5, 0.6) is 0 Å². The molecule has 0 bridgehead atoms. The molecule has 1 aliphatic heterocycles. The van der Waals surface area contributed by atoms with Gasteiger partial charge in [-0.25, -0.2) is 4.63 Å². The minimum absolute atomic E-state index is 0.0521. The summed E-state index contributed by atoms with van der Waals surface area (Å²) in [5.74, 6) is 0.392. The van der Waals surface area contributed by atoms with Crippen LogP contribution in [0.4, 0.5) is 0 Å². The molecule has 0 spiro atoms. The molecule has 0 unspecified atom stereocenters. The Morgan fingerprint density at radius 3 is 2.67 bits per heavy atom. The maximum absolute atomic E-state index is 13.2. The summed E-state index contributed by atoms with van der Waals surface area (Å²) in [5, 5.41) is 14.6. The third-order valence-electron chi connectivity index (χ3n) is 5.58. The molecule has 4 rings (SSSR count). The molecule has 2 aromatic heterocycles. The summed E-state index contributed by atoms with van der Waals surface area (Å²) < 4.78 is 10.2. The number of nitrogens with zero attached hydrogens (tertiary/aromatic N) is 4. The summed E-state index contributed by atoms with van der Waals surface area (Å²) >= 11 is 0. The van der Waals surface area contributed by atoms with Gasteiger partial charge in [0.2, 0.25) is 11.8 Å². The predicted molar refractivity (Wildman–Crippen MR) is 106 cm³/mol. The van der Waals surface area contributed by atoms with Crippen molar-refractivity contribution in [2.45, 2.75) is 33.2 Å². The maximum atomic E-state index is 13.2. The second-order valence-electron chi connectivity index (χ2n) is 7.67. The van der Waals surface area contributed by atoms with E-state index in [2.05, 4.69) is 25.4 Å². The van der Waals surface area contributed by atoms with E-state index in [0.29, 0.717) is 48.8 Å². The van der Waals surface area contributed by atoms with E-state index in [1.54, 1.807) is 11.8 Å². The van der Waals surface area contributed by atoms with E-state index in [9.17, 15) is 9.59 Å². The fraction of sp³-hybridized carbons (Fsp3) is 0.381. The zero-order chi connectivity index (χ0) is 21.1. The lowest BCUT2D eigenvalue weighted by Gasteiger charge is -2.26. The number of amides is 2. The Hall–Kier alpha value is -3.49. The van der Waals surface area contributed by atoms with E-state index < -0.39 is 5.41 Å². The molecule has 0 saturated carbocycles. The average Bonchev–Trinajstić information content (AvgIpc) is 3.48. The second-order valence-corrected chi connectivity index (χ2v) is 7.67. The normalized spacial score (nSPS) is 18.5. The third-order valence-corrected chi connectivity index (χ3v) is 5.58. The van der Waals surface area contributed by atoms with Gasteiger partial charge in [-0.05, 0) is 13.3 Å². The minimum Gasteiger partial charge on any atom is -0.361 e. The highest BCUT2D eigenvalue weighted by atomic mass is 16.6. The van der Waals surface area contributed by atoms with Crippen LogP contribution in [0.25, 0.3) is 11.3 Å². The van der Waals surface area contributed by atoms with Gasteiger partial charge in [0, 0.05) is 38.1 Å². The molecule has 3 heterocycles. The Morgan fingerprint density at radius 1 is 1.20 bits per heavy atom. The van der Waals surface area contributed by atoms with Crippen molar-refractivity contribution < 1.29 is 18.7 Å². The van der Waals surface area contributed by atoms with Gasteiger partial charge >= 0.3 is 0 Å². The number of aryl methyl sites for hydroxylation is 1. The van der Waals surface area contributed by atoms with Crippen LogP contribution in [0.15, 0.2) is 45.6 Å². The number of aromatic nitrogens is 3. The molecule has 1 aromatic carbocycles. The smallest absolute Gasteiger partial charge is 0.228 e. The van der Waals surface area contributed by atoms with E-state index in [1.807, 2.05) is 36.4 Å². The summed E-state index contributed by atoms with van der Waals surface area (Å²) in [7, 11) is 0. The minimum atomic E-state index is -0.801. The summed E-state index contributed by atoms with van der Waals surface area (Å²) in [6.45, 7) is 4.33. The van der Waals surface area contributed by atoms with Gasteiger partial charge in [-0.3, -0.25) is 9.59 Å². The third kappa shape index (κ3) is 3.96. The van der Waals surface area contributed by atoms with Crippen molar-refractivity contribution in [2.75, 3.05) is 13.1 Å². The summed E-state index contributed by atoms with van der Waals surface area (Å²) in [4.78, 5) is 26.8. The number of carbonyl (C=O) groups is 2. The Balaban J connectivity index is 1.54. The van der Waals surface area contributed by atoms with Crippen molar-refractivity contribution >= 4 is 11.8 Å². The number of likely N-dealkylation sites (tertiary alicyclic amines) is 1. The highest BCUT2D eigenvalue weighted by Gasteiger charge is 2.46. The molecule has 0 aliphatic carbocycles. The first-order chi connectivity index (χ1) is 14.5. The van der Waals surface area contributed by atoms with Gasteiger partial charge in [0.25, 0.3) is 0 Å². The van der Waals surface area contributed by atoms with Gasteiger partial charge in [0.1, 0.15) is 22.8 Å². The van der Waals surface area contributed by atoms with Gasteiger partial charge in [-0.2, -0.15) is 0 Å². The van der Waals surface area contributed by atoms with Crippen LogP contribution in [0.1, 0.15) is 30.5 Å². The molecule has 1 fully saturated rings. The molecule has 156 valence electrons. The number of nitrogens with one attached hydrogen (secondary N) is 1. The van der Waals surface area contributed by atoms with Crippen LogP contribution >= 0.6 is 0 Å². The molecule has 9 nitrogen and oxygen atoms in total. The van der Waals surface area contributed by atoms with E-state index in [0.717, 1.165) is 5.56 Å². The van der Waals surface area contributed by atoms with Crippen LogP contribution in [0, 0.1) is 12.3 Å². The van der Waals surface area contributed by atoms with Gasteiger partial charge in [0.05, 0.1) is 12.0 Å². The average molecular weight is 409 g/mol. The highest BCUT2D eigenvalue weighted by molar-refractivity contribution is 5.85. The van der Waals surface area contributed by atoms with E-state index in [4.69, 9.17) is 4.52 Å². The second kappa shape index (κ2) is 8.10. The predicted octanol–water partition coefficient (Wildman–Crippen LogP) is 2.13. The number of carbonyl (C=O) groups excluding carboxylic acids is 2. The zero-order valence-corrected chi connectivity index (χ0v) is 16.9. The van der Waals surface area contributed by atoms with Crippen LogP contribution in [-0.4, -0.2) is 45.3 Å². The number of hydrogen-bond acceptors (Lipinski definition) is 7. The summed E-state index contributed by atoms with van der Waals surface area (Å²) in [6.07, 6.45) is 0.883. The maximum Gasteiger partial charge on any atom is 0.228 e. The lowest BCUT2D eigenvalue weighted by Crippen LogP contribution is -2.44. The first kappa shape index (κ1) is 19.8. The molecule has 3 aromatic rings. The van der Waals surface area contributed by atoms with Crippen molar-refractivity contribution in [3.8, 4) is 11.3 Å². The van der Waals surface area contributed by atoms with Crippen molar-refractivity contribution in [2.24, 2.45) is 5.41 Å². The fourth-order valence-electron chi connectivity index (χ4n) is 3.79. The SMILES string of the molecule is CC(=O)N1CC[C@@](Cc2cc(-c3ccccc3)no2)(C(=O)NCc2nonc2C)C1. The number of rotatable bonds is 6. The van der Waals surface area contributed by atoms with Crippen molar-refractivity contribution in [1.82, 2.24) is 25.7 Å². The highest BCUT2D eigenvalue weighted by Crippen LogP contribution is 2.36. The lowest BCUT2D eigenvalue weighted by molar-refractivity contribution is -0.132. The fourth-order valence-corrected chi connectivity index (χ4v) is 3.79. The monoisotopic (exact) mass is 409 g/mol. The van der Waals surface area contributed by atoms with Crippen LogP contribution < -0.4 is 5.32 Å². The number of hydrogen-bond donors (Lipinski definition) is 1. The molecular formula is C21H23N5O4. The van der Waals surface area contributed by atoms with Crippen molar-refractivity contribution in [3.05, 3.63) is 53.5 Å². The Bertz CT molecular complexity index is 1040. The molecular weight excluding hydrogens is 386 g/mol. The van der Waals surface area contributed by atoms with Crippen LogP contribution in [0.2, 0.25) is 0 Å².